The molecule has 0 radical (unpaired) electrons. The quantitative estimate of drug-likeness (QED) is 0.835. The highest BCUT2D eigenvalue weighted by molar-refractivity contribution is 7.99. The summed E-state index contributed by atoms with van der Waals surface area (Å²) in [5.41, 5.74) is 0. The zero-order chi connectivity index (χ0) is 12.8. The summed E-state index contributed by atoms with van der Waals surface area (Å²) in [5, 5.41) is 3.75. The minimum absolute atomic E-state index is 0.0767. The van der Waals surface area contributed by atoms with E-state index in [0.29, 0.717) is 17.4 Å². The van der Waals surface area contributed by atoms with Gasteiger partial charge < -0.3 is 10.1 Å². The summed E-state index contributed by atoms with van der Waals surface area (Å²) in [6.07, 6.45) is 12.1. The van der Waals surface area contributed by atoms with Crippen LogP contribution in [-0.4, -0.2) is 36.2 Å². The van der Waals surface area contributed by atoms with Crippen molar-refractivity contribution in [2.24, 2.45) is 0 Å². The number of thioether (sulfide) groups is 1. The second-order valence-corrected chi connectivity index (χ2v) is 6.53. The Morgan fingerprint density at radius 1 is 1.17 bits per heavy atom. The third-order valence-corrected chi connectivity index (χ3v) is 5.27. The van der Waals surface area contributed by atoms with Gasteiger partial charge in [0.15, 0.2) is 0 Å². The first-order valence-corrected chi connectivity index (χ1v) is 8.52. The first-order valence-electron chi connectivity index (χ1n) is 7.23. The maximum atomic E-state index is 11.9. The van der Waals surface area contributed by atoms with Crippen LogP contribution in [0.15, 0.2) is 0 Å². The highest BCUT2D eigenvalue weighted by Gasteiger charge is 2.26. The van der Waals surface area contributed by atoms with Gasteiger partial charge in [-0.3, -0.25) is 4.79 Å². The van der Waals surface area contributed by atoms with Crippen LogP contribution in [0.3, 0.4) is 0 Å². The number of ether oxygens (including phenoxy) is 1. The van der Waals surface area contributed by atoms with Crippen molar-refractivity contribution in [2.45, 2.75) is 68.8 Å². The van der Waals surface area contributed by atoms with Crippen molar-refractivity contribution in [2.75, 3.05) is 12.9 Å². The first-order chi connectivity index (χ1) is 8.79. The maximum absolute atomic E-state index is 11.9. The Morgan fingerprint density at radius 3 is 2.56 bits per heavy atom. The second-order valence-electron chi connectivity index (χ2n) is 5.45. The fraction of sp³-hybridized carbons (Fsp3) is 0.929. The molecule has 0 heterocycles. The molecule has 4 heteroatoms. The van der Waals surface area contributed by atoms with Crippen LogP contribution in [0.25, 0.3) is 0 Å². The van der Waals surface area contributed by atoms with E-state index in [1.165, 1.54) is 32.1 Å². The number of nitrogens with one attached hydrogen (secondary N) is 1. The molecule has 0 aliphatic heterocycles. The Balaban J connectivity index is 1.68. The zero-order valence-electron chi connectivity index (χ0n) is 11.3. The Bertz CT molecular complexity index is 267. The van der Waals surface area contributed by atoms with Crippen LogP contribution in [0.1, 0.15) is 51.4 Å². The smallest absolute Gasteiger partial charge is 0.246 e. The van der Waals surface area contributed by atoms with Gasteiger partial charge in [0.25, 0.3) is 0 Å². The van der Waals surface area contributed by atoms with E-state index in [1.807, 2.05) is 11.8 Å². The van der Waals surface area contributed by atoms with Gasteiger partial charge in [-0.25, -0.2) is 0 Å². The molecule has 0 bridgehead atoms. The van der Waals surface area contributed by atoms with Gasteiger partial charge in [-0.1, -0.05) is 25.7 Å². The molecule has 0 spiro atoms. The summed E-state index contributed by atoms with van der Waals surface area (Å²) in [5.74, 6) is 0.0767. The standard InChI is InChI=1S/C14H25NO2S/c1-18-13-9-5-4-8-12(13)15-14(16)10-17-11-6-2-3-7-11/h11-13H,2-10H2,1H3,(H,15,16)/t12-,13-/m1/s1. The predicted octanol–water partition coefficient (Wildman–Crippen LogP) is 2.74. The molecule has 18 heavy (non-hydrogen) atoms. The monoisotopic (exact) mass is 271 g/mol. The highest BCUT2D eigenvalue weighted by atomic mass is 32.2. The van der Waals surface area contributed by atoms with Gasteiger partial charge in [0, 0.05) is 11.3 Å². The molecule has 0 aromatic rings. The number of carbonyl (C=O) groups is 1. The molecule has 0 aromatic heterocycles. The van der Waals surface area contributed by atoms with Gasteiger partial charge in [-0.15, -0.1) is 0 Å². The van der Waals surface area contributed by atoms with Gasteiger partial charge in [0.1, 0.15) is 6.61 Å². The van der Waals surface area contributed by atoms with Crippen molar-refractivity contribution in [1.82, 2.24) is 5.32 Å². The van der Waals surface area contributed by atoms with Crippen molar-refractivity contribution < 1.29 is 9.53 Å². The Morgan fingerprint density at radius 2 is 1.83 bits per heavy atom. The molecule has 2 fully saturated rings. The van der Waals surface area contributed by atoms with Gasteiger partial charge >= 0.3 is 0 Å². The molecule has 2 rings (SSSR count). The largest absolute Gasteiger partial charge is 0.368 e. The average molecular weight is 271 g/mol. The molecule has 2 aliphatic rings. The van der Waals surface area contributed by atoms with Crippen LogP contribution in [0.2, 0.25) is 0 Å². The molecular formula is C14H25NO2S. The molecule has 0 aromatic carbocycles. The maximum Gasteiger partial charge on any atom is 0.246 e. The summed E-state index contributed by atoms with van der Waals surface area (Å²) in [4.78, 5) is 11.9. The lowest BCUT2D eigenvalue weighted by Crippen LogP contribution is -2.45. The third-order valence-electron chi connectivity index (χ3n) is 4.10. The topological polar surface area (TPSA) is 38.3 Å². The molecule has 0 saturated heterocycles. The Kier molecular flexibility index (Phi) is 5.83. The number of carbonyl (C=O) groups excluding carboxylic acids is 1. The van der Waals surface area contributed by atoms with Crippen LogP contribution in [-0.2, 0) is 9.53 Å². The minimum Gasteiger partial charge on any atom is -0.368 e. The summed E-state index contributed by atoms with van der Waals surface area (Å²) >= 11 is 1.88. The summed E-state index contributed by atoms with van der Waals surface area (Å²) in [6, 6.07) is 0.355. The van der Waals surface area contributed by atoms with Crippen molar-refractivity contribution >= 4 is 17.7 Å². The van der Waals surface area contributed by atoms with E-state index < -0.39 is 0 Å². The Labute approximate surface area is 114 Å². The lowest BCUT2D eigenvalue weighted by atomic mass is 9.95. The van der Waals surface area contributed by atoms with Crippen LogP contribution < -0.4 is 5.32 Å². The summed E-state index contributed by atoms with van der Waals surface area (Å²) in [6.45, 7) is 0.252. The van der Waals surface area contributed by atoms with Crippen LogP contribution in [0, 0.1) is 0 Å². The van der Waals surface area contributed by atoms with Gasteiger partial charge in [-0.2, -0.15) is 11.8 Å². The van der Waals surface area contributed by atoms with Crippen molar-refractivity contribution in [1.29, 1.82) is 0 Å². The SMILES string of the molecule is CS[C@@H]1CCCC[C@H]1NC(=O)COC1CCCC1. The van der Waals surface area contributed by atoms with E-state index in [9.17, 15) is 4.79 Å². The summed E-state index contributed by atoms with van der Waals surface area (Å²) in [7, 11) is 0. The van der Waals surface area contributed by atoms with E-state index in [1.54, 1.807) is 0 Å². The van der Waals surface area contributed by atoms with E-state index in [2.05, 4.69) is 11.6 Å². The van der Waals surface area contributed by atoms with Crippen LogP contribution in [0.5, 0.6) is 0 Å². The zero-order valence-corrected chi connectivity index (χ0v) is 12.1. The van der Waals surface area contributed by atoms with Crippen LogP contribution in [0.4, 0.5) is 0 Å². The number of rotatable bonds is 5. The lowest BCUT2D eigenvalue weighted by Gasteiger charge is -2.31. The van der Waals surface area contributed by atoms with E-state index in [4.69, 9.17) is 4.74 Å². The van der Waals surface area contributed by atoms with Crippen molar-refractivity contribution in [3.63, 3.8) is 0 Å². The van der Waals surface area contributed by atoms with Crippen molar-refractivity contribution in [3.05, 3.63) is 0 Å². The number of hydrogen-bond acceptors (Lipinski definition) is 3. The molecule has 2 aliphatic carbocycles. The Hall–Kier alpha value is -0.220. The first kappa shape index (κ1) is 14.2. The number of amides is 1. The van der Waals surface area contributed by atoms with E-state index in [0.717, 1.165) is 19.3 Å². The van der Waals surface area contributed by atoms with E-state index >= 15 is 0 Å². The molecular weight excluding hydrogens is 246 g/mol. The molecule has 1 N–H and O–H groups in total. The fourth-order valence-electron chi connectivity index (χ4n) is 3.04. The molecule has 1 amide bonds. The summed E-state index contributed by atoms with van der Waals surface area (Å²) < 4.78 is 5.66. The molecule has 2 atom stereocenters. The third kappa shape index (κ3) is 4.16. The highest BCUT2D eigenvalue weighted by Crippen LogP contribution is 2.27. The molecule has 3 nitrogen and oxygen atoms in total. The number of hydrogen-bond donors (Lipinski definition) is 1. The predicted molar refractivity (Wildman–Crippen MR) is 75.9 cm³/mol. The minimum atomic E-state index is 0.0767. The fourth-order valence-corrected chi connectivity index (χ4v) is 3.98. The van der Waals surface area contributed by atoms with Crippen LogP contribution >= 0.6 is 11.8 Å². The van der Waals surface area contributed by atoms with Gasteiger partial charge in [0.2, 0.25) is 5.91 Å². The van der Waals surface area contributed by atoms with E-state index in [-0.39, 0.29) is 12.5 Å². The normalized spacial score (nSPS) is 29.4. The lowest BCUT2D eigenvalue weighted by molar-refractivity contribution is -0.128. The van der Waals surface area contributed by atoms with Crippen molar-refractivity contribution in [3.8, 4) is 0 Å². The van der Waals surface area contributed by atoms with Gasteiger partial charge in [0.05, 0.1) is 6.10 Å². The molecule has 2 saturated carbocycles. The molecule has 104 valence electrons. The van der Waals surface area contributed by atoms with Gasteiger partial charge in [-0.05, 0) is 31.9 Å². The average Bonchev–Trinajstić information content (AvgIpc) is 2.90. The second kappa shape index (κ2) is 7.39. The molecule has 0 unspecified atom stereocenters.